The van der Waals surface area contributed by atoms with Gasteiger partial charge in [-0.05, 0) is 56.7 Å². The van der Waals surface area contributed by atoms with Crippen molar-refractivity contribution in [1.82, 2.24) is 9.88 Å². The summed E-state index contributed by atoms with van der Waals surface area (Å²) in [7, 11) is 0. The van der Waals surface area contributed by atoms with Crippen molar-refractivity contribution in [3.63, 3.8) is 0 Å². The van der Waals surface area contributed by atoms with E-state index in [-0.39, 0.29) is 0 Å². The first kappa shape index (κ1) is 16.8. The molecule has 0 atom stereocenters. The Morgan fingerprint density at radius 2 is 2.00 bits per heavy atom. The number of amides is 1. The minimum atomic E-state index is 0.299. The van der Waals surface area contributed by atoms with Crippen molar-refractivity contribution in [2.75, 3.05) is 31.1 Å². The van der Waals surface area contributed by atoms with Crippen molar-refractivity contribution >= 4 is 11.7 Å². The molecule has 2 rings (SSSR count). The summed E-state index contributed by atoms with van der Waals surface area (Å²) in [6, 6.07) is 4.15. The van der Waals surface area contributed by atoms with E-state index in [0.717, 1.165) is 57.2 Å². The van der Waals surface area contributed by atoms with E-state index in [9.17, 15) is 4.79 Å². The van der Waals surface area contributed by atoms with E-state index in [1.807, 2.05) is 17.2 Å². The molecule has 1 saturated heterocycles. The number of rotatable bonds is 6. The number of hydrogen-bond acceptors (Lipinski definition) is 3. The molecule has 1 fully saturated rings. The Morgan fingerprint density at radius 1 is 1.32 bits per heavy atom. The third-order valence-electron chi connectivity index (χ3n) is 4.66. The van der Waals surface area contributed by atoms with Crippen LogP contribution in [0.1, 0.15) is 45.6 Å². The van der Waals surface area contributed by atoms with Crippen molar-refractivity contribution in [3.8, 4) is 0 Å². The van der Waals surface area contributed by atoms with Crippen LogP contribution in [0.25, 0.3) is 0 Å². The fourth-order valence-electron chi connectivity index (χ4n) is 3.00. The topological polar surface area (TPSA) is 36.4 Å². The summed E-state index contributed by atoms with van der Waals surface area (Å²) in [6.45, 7) is 10.3. The van der Waals surface area contributed by atoms with Gasteiger partial charge in [0.25, 0.3) is 0 Å². The van der Waals surface area contributed by atoms with Crippen LogP contribution in [0, 0.1) is 5.92 Å². The Labute approximate surface area is 134 Å². The van der Waals surface area contributed by atoms with Crippen LogP contribution in [0.15, 0.2) is 18.3 Å². The maximum absolute atomic E-state index is 12.3. The molecule has 0 N–H and O–H groups in total. The summed E-state index contributed by atoms with van der Waals surface area (Å²) in [5.41, 5.74) is 1.20. The number of anilines is 1. The first-order valence-corrected chi connectivity index (χ1v) is 8.61. The highest BCUT2D eigenvalue weighted by Gasteiger charge is 2.19. The number of carbonyl (C=O) groups is 1. The van der Waals surface area contributed by atoms with Gasteiger partial charge in [-0.15, -0.1) is 0 Å². The van der Waals surface area contributed by atoms with Crippen molar-refractivity contribution in [2.24, 2.45) is 5.92 Å². The van der Waals surface area contributed by atoms with Crippen LogP contribution < -0.4 is 4.90 Å². The summed E-state index contributed by atoms with van der Waals surface area (Å²) in [5, 5.41) is 0. The maximum atomic E-state index is 12.3. The highest BCUT2D eigenvalue weighted by atomic mass is 16.2. The number of piperidine rings is 1. The molecular formula is C18H29N3O. The second-order valence-corrected chi connectivity index (χ2v) is 6.26. The predicted octanol–water partition coefficient (Wildman–Crippen LogP) is 3.12. The van der Waals surface area contributed by atoms with Crippen LogP contribution in [0.3, 0.4) is 0 Å². The van der Waals surface area contributed by atoms with Gasteiger partial charge in [-0.2, -0.15) is 0 Å². The molecule has 1 aromatic heterocycles. The lowest BCUT2D eigenvalue weighted by molar-refractivity contribution is -0.132. The largest absolute Gasteiger partial charge is 0.357 e. The first-order valence-electron chi connectivity index (χ1n) is 8.61. The molecule has 22 heavy (non-hydrogen) atoms. The van der Waals surface area contributed by atoms with E-state index in [1.54, 1.807) is 0 Å². The average Bonchev–Trinajstić information content (AvgIpc) is 2.55. The van der Waals surface area contributed by atoms with Gasteiger partial charge in [-0.1, -0.05) is 6.92 Å². The lowest BCUT2D eigenvalue weighted by Crippen LogP contribution is -2.38. The third kappa shape index (κ3) is 4.46. The standard InChI is InChI=1S/C18H29N3O/c1-4-20(5-2)17-14-16(8-11-19-17)6-7-18(22)21-12-9-15(3)10-13-21/h8,11,14-15H,4-7,9-10,12-13H2,1-3H3. The molecule has 1 aliphatic heterocycles. The number of aryl methyl sites for hydroxylation is 1. The van der Waals surface area contributed by atoms with E-state index >= 15 is 0 Å². The van der Waals surface area contributed by atoms with Gasteiger partial charge in [-0.25, -0.2) is 4.98 Å². The molecule has 4 heteroatoms. The molecule has 1 amide bonds. The van der Waals surface area contributed by atoms with Crippen LogP contribution in [0.4, 0.5) is 5.82 Å². The third-order valence-corrected chi connectivity index (χ3v) is 4.66. The van der Waals surface area contributed by atoms with E-state index in [2.05, 4.69) is 36.7 Å². The predicted molar refractivity (Wildman–Crippen MR) is 91.1 cm³/mol. The lowest BCUT2D eigenvalue weighted by atomic mass is 9.99. The summed E-state index contributed by atoms with van der Waals surface area (Å²) < 4.78 is 0. The number of pyridine rings is 1. The molecular weight excluding hydrogens is 274 g/mol. The maximum Gasteiger partial charge on any atom is 0.222 e. The monoisotopic (exact) mass is 303 g/mol. The minimum Gasteiger partial charge on any atom is -0.357 e. The van der Waals surface area contributed by atoms with Gasteiger partial charge >= 0.3 is 0 Å². The summed E-state index contributed by atoms with van der Waals surface area (Å²) in [5.74, 6) is 2.08. The number of carbonyl (C=O) groups excluding carboxylic acids is 1. The Morgan fingerprint density at radius 3 is 2.64 bits per heavy atom. The highest BCUT2D eigenvalue weighted by Crippen LogP contribution is 2.18. The molecule has 0 spiro atoms. The Balaban J connectivity index is 1.88. The molecule has 4 nitrogen and oxygen atoms in total. The molecule has 0 unspecified atom stereocenters. The van der Waals surface area contributed by atoms with Crippen LogP contribution in [0.2, 0.25) is 0 Å². The van der Waals surface area contributed by atoms with Crippen molar-refractivity contribution in [3.05, 3.63) is 23.9 Å². The van der Waals surface area contributed by atoms with Gasteiger partial charge < -0.3 is 9.80 Å². The average molecular weight is 303 g/mol. The fraction of sp³-hybridized carbons (Fsp3) is 0.667. The SMILES string of the molecule is CCN(CC)c1cc(CCC(=O)N2CCC(C)CC2)ccn1. The molecule has 0 radical (unpaired) electrons. The van der Waals surface area contributed by atoms with Crippen LogP contribution >= 0.6 is 0 Å². The highest BCUT2D eigenvalue weighted by molar-refractivity contribution is 5.76. The van der Waals surface area contributed by atoms with Crippen molar-refractivity contribution in [1.29, 1.82) is 0 Å². The molecule has 2 heterocycles. The molecule has 1 aromatic rings. The molecule has 0 saturated carbocycles. The summed E-state index contributed by atoms with van der Waals surface area (Å²) in [4.78, 5) is 21.0. The first-order chi connectivity index (χ1) is 10.6. The zero-order valence-corrected chi connectivity index (χ0v) is 14.2. The van der Waals surface area contributed by atoms with Crippen LogP contribution in [-0.4, -0.2) is 42.0 Å². The lowest BCUT2D eigenvalue weighted by Gasteiger charge is -2.30. The smallest absolute Gasteiger partial charge is 0.222 e. The van der Waals surface area contributed by atoms with E-state index in [4.69, 9.17) is 0 Å². The number of nitrogens with zero attached hydrogens (tertiary/aromatic N) is 3. The van der Waals surface area contributed by atoms with Gasteiger partial charge in [0.05, 0.1) is 0 Å². The molecule has 1 aliphatic rings. The molecule has 0 bridgehead atoms. The van der Waals surface area contributed by atoms with E-state index < -0.39 is 0 Å². The van der Waals surface area contributed by atoms with Crippen molar-refractivity contribution < 1.29 is 4.79 Å². The zero-order chi connectivity index (χ0) is 15.9. The van der Waals surface area contributed by atoms with E-state index in [0.29, 0.717) is 12.3 Å². The normalized spacial score (nSPS) is 15.9. The van der Waals surface area contributed by atoms with Crippen LogP contribution in [0.5, 0.6) is 0 Å². The molecule has 122 valence electrons. The van der Waals surface area contributed by atoms with Crippen LogP contribution in [-0.2, 0) is 11.2 Å². The second kappa shape index (κ2) is 8.16. The van der Waals surface area contributed by atoms with Gasteiger partial charge in [0, 0.05) is 38.8 Å². The zero-order valence-electron chi connectivity index (χ0n) is 14.2. The Hall–Kier alpha value is -1.58. The Bertz CT molecular complexity index is 477. The van der Waals surface area contributed by atoms with Gasteiger partial charge in [0.15, 0.2) is 0 Å². The van der Waals surface area contributed by atoms with Crippen molar-refractivity contribution in [2.45, 2.75) is 46.5 Å². The Kier molecular flexibility index (Phi) is 6.22. The summed E-state index contributed by atoms with van der Waals surface area (Å²) >= 11 is 0. The number of aromatic nitrogens is 1. The van der Waals surface area contributed by atoms with Gasteiger partial charge in [0.1, 0.15) is 5.82 Å². The van der Waals surface area contributed by atoms with Gasteiger partial charge in [-0.3, -0.25) is 4.79 Å². The summed E-state index contributed by atoms with van der Waals surface area (Å²) in [6.07, 6.45) is 5.56. The van der Waals surface area contributed by atoms with Gasteiger partial charge in [0.2, 0.25) is 5.91 Å². The minimum absolute atomic E-state index is 0.299. The molecule has 0 aromatic carbocycles. The number of likely N-dealkylation sites (tertiary alicyclic amines) is 1. The number of hydrogen-bond donors (Lipinski definition) is 0. The molecule has 0 aliphatic carbocycles. The fourth-order valence-corrected chi connectivity index (χ4v) is 3.00. The van der Waals surface area contributed by atoms with E-state index in [1.165, 1.54) is 5.56 Å². The quantitative estimate of drug-likeness (QED) is 0.810. The second-order valence-electron chi connectivity index (χ2n) is 6.26.